The fraction of sp³-hybridized carbons (Fsp3) is 0.652. The van der Waals surface area contributed by atoms with Gasteiger partial charge in [-0.15, -0.1) is 0 Å². The number of halogens is 6. The summed E-state index contributed by atoms with van der Waals surface area (Å²) in [7, 11) is 4.20. The maximum Gasteiger partial charge on any atom is 0.490 e. The number of fused-ring (bicyclic) bond motifs is 1. The van der Waals surface area contributed by atoms with Gasteiger partial charge in [0.05, 0.1) is 19.3 Å². The van der Waals surface area contributed by atoms with Gasteiger partial charge in [0.25, 0.3) is 0 Å². The number of hydrogen-bond donors (Lipinski definition) is 2. The number of rotatable bonds is 4. The van der Waals surface area contributed by atoms with Crippen LogP contribution < -0.4 is 9.47 Å². The van der Waals surface area contributed by atoms with Gasteiger partial charge in [0.2, 0.25) is 6.79 Å². The molecule has 2 unspecified atom stereocenters. The highest BCUT2D eigenvalue weighted by Crippen LogP contribution is 2.35. The molecule has 2 saturated heterocycles. The number of nitrogens with zero attached hydrogens (tertiary/aromatic N) is 2. The van der Waals surface area contributed by atoms with E-state index < -0.39 is 24.3 Å². The second-order valence-electron chi connectivity index (χ2n) is 9.28. The molecule has 2 N–H and O–H groups in total. The molecule has 0 amide bonds. The van der Waals surface area contributed by atoms with Gasteiger partial charge in [-0.3, -0.25) is 4.90 Å². The van der Waals surface area contributed by atoms with Crippen LogP contribution in [0.1, 0.15) is 18.4 Å². The number of hydrogen-bond acceptors (Lipinski definition) is 8. The van der Waals surface area contributed by atoms with Crippen LogP contribution in [0.2, 0.25) is 0 Å². The summed E-state index contributed by atoms with van der Waals surface area (Å²) in [6, 6.07) is 6.21. The van der Waals surface area contributed by atoms with Crippen LogP contribution >= 0.6 is 0 Å². The zero-order valence-electron chi connectivity index (χ0n) is 21.2. The number of benzene rings is 1. The summed E-state index contributed by atoms with van der Waals surface area (Å²) in [5, 5.41) is 14.2. The first-order chi connectivity index (χ1) is 18.0. The molecular weight excluding hydrogens is 546 g/mol. The van der Waals surface area contributed by atoms with Gasteiger partial charge in [0, 0.05) is 26.2 Å². The van der Waals surface area contributed by atoms with E-state index in [0.717, 1.165) is 57.1 Å². The second kappa shape index (κ2) is 13.5. The van der Waals surface area contributed by atoms with E-state index in [-0.39, 0.29) is 5.60 Å². The number of carbonyl (C=O) groups is 2. The Morgan fingerprint density at radius 2 is 1.64 bits per heavy atom. The van der Waals surface area contributed by atoms with Crippen molar-refractivity contribution < 1.29 is 65.1 Å². The van der Waals surface area contributed by atoms with Gasteiger partial charge in [0.1, 0.15) is 5.60 Å². The molecule has 0 radical (unpaired) electrons. The lowest BCUT2D eigenvalue weighted by Gasteiger charge is -2.32. The molecule has 3 aliphatic heterocycles. The van der Waals surface area contributed by atoms with Crippen molar-refractivity contribution in [1.82, 2.24) is 9.80 Å². The first kappa shape index (κ1) is 32.4. The normalized spacial score (nSPS) is 22.9. The highest BCUT2D eigenvalue weighted by Gasteiger charge is 2.43. The quantitative estimate of drug-likeness (QED) is 0.518. The highest BCUT2D eigenvalue weighted by molar-refractivity contribution is 5.73. The molecule has 0 bridgehead atoms. The standard InChI is InChI=1S/C19H28N2O4.2C2HF3O2/c1-20(2)11-16-5-6-19(25-16)12-21(7-8-22-13-19)10-15-3-4-17-18(9-15)24-14-23-17;2*3-2(4,5)1(6)7/h3-4,9,16H,5-8,10-14H2,1-2H3;2*(H,6,7). The topological polar surface area (TPSA) is 118 Å². The summed E-state index contributed by atoms with van der Waals surface area (Å²) >= 11 is 0. The van der Waals surface area contributed by atoms with Gasteiger partial charge in [-0.1, -0.05) is 6.07 Å². The van der Waals surface area contributed by atoms with E-state index in [2.05, 4.69) is 36.0 Å². The maximum atomic E-state index is 10.6. The van der Waals surface area contributed by atoms with Crippen LogP contribution in [0.25, 0.3) is 0 Å². The Morgan fingerprint density at radius 1 is 1.05 bits per heavy atom. The number of carboxylic acids is 2. The largest absolute Gasteiger partial charge is 0.490 e. The molecule has 1 aromatic carbocycles. The van der Waals surface area contributed by atoms with Crippen molar-refractivity contribution in [3.8, 4) is 11.5 Å². The number of carboxylic acid groups (broad SMARTS) is 2. The van der Waals surface area contributed by atoms with Crippen LogP contribution in [-0.2, 0) is 25.6 Å². The Hall–Kier alpha value is -2.82. The zero-order valence-corrected chi connectivity index (χ0v) is 21.2. The molecule has 0 aliphatic carbocycles. The number of aliphatic carboxylic acids is 2. The molecule has 10 nitrogen and oxygen atoms in total. The minimum absolute atomic E-state index is 0.159. The molecule has 2 fully saturated rings. The Balaban J connectivity index is 0.000000317. The van der Waals surface area contributed by atoms with Crippen LogP contribution in [0, 0.1) is 0 Å². The molecule has 1 spiro atoms. The summed E-state index contributed by atoms with van der Waals surface area (Å²) in [6.07, 6.45) is -7.67. The molecule has 3 aliphatic rings. The predicted octanol–water partition coefficient (Wildman–Crippen LogP) is 2.99. The van der Waals surface area contributed by atoms with Gasteiger partial charge >= 0.3 is 24.3 Å². The van der Waals surface area contributed by atoms with Crippen LogP contribution in [0.15, 0.2) is 18.2 Å². The molecule has 0 saturated carbocycles. The van der Waals surface area contributed by atoms with Crippen LogP contribution in [0.3, 0.4) is 0 Å². The van der Waals surface area contributed by atoms with E-state index in [1.807, 2.05) is 6.07 Å². The van der Waals surface area contributed by atoms with E-state index in [0.29, 0.717) is 19.5 Å². The summed E-state index contributed by atoms with van der Waals surface area (Å²) < 4.78 is 86.8. The second-order valence-corrected chi connectivity index (χ2v) is 9.28. The van der Waals surface area contributed by atoms with Gasteiger partial charge in [0.15, 0.2) is 11.5 Å². The van der Waals surface area contributed by atoms with Crippen molar-refractivity contribution in [3.05, 3.63) is 23.8 Å². The molecule has 3 heterocycles. The summed E-state index contributed by atoms with van der Waals surface area (Å²) in [4.78, 5) is 22.4. The Labute approximate surface area is 220 Å². The number of alkyl halides is 6. The predicted molar refractivity (Wildman–Crippen MR) is 121 cm³/mol. The Kier molecular flexibility index (Phi) is 11.2. The van der Waals surface area contributed by atoms with Crippen molar-refractivity contribution in [2.75, 3.05) is 53.7 Å². The van der Waals surface area contributed by atoms with Gasteiger partial charge in [-0.2, -0.15) is 26.3 Å². The molecule has 16 heteroatoms. The molecule has 222 valence electrons. The number of likely N-dealkylation sites (N-methyl/N-ethyl adjacent to an activating group) is 1. The molecular formula is C23H30F6N2O8. The summed E-state index contributed by atoms with van der Waals surface area (Å²) in [5.41, 5.74) is 1.08. The lowest BCUT2D eigenvalue weighted by molar-refractivity contribution is -0.193. The minimum Gasteiger partial charge on any atom is -0.475 e. The lowest BCUT2D eigenvalue weighted by atomic mass is 9.99. The first-order valence-corrected chi connectivity index (χ1v) is 11.6. The molecule has 1 aromatic rings. The van der Waals surface area contributed by atoms with Gasteiger partial charge < -0.3 is 34.1 Å². The van der Waals surface area contributed by atoms with Gasteiger partial charge in [-0.05, 0) is 44.6 Å². The fourth-order valence-electron chi connectivity index (χ4n) is 4.07. The summed E-state index contributed by atoms with van der Waals surface area (Å²) in [5.74, 6) is -3.83. The average Bonchev–Trinajstić information content (AvgIpc) is 3.37. The molecule has 39 heavy (non-hydrogen) atoms. The van der Waals surface area contributed by atoms with Crippen molar-refractivity contribution in [1.29, 1.82) is 0 Å². The smallest absolute Gasteiger partial charge is 0.475 e. The third-order valence-electron chi connectivity index (χ3n) is 5.66. The van der Waals surface area contributed by atoms with Crippen LogP contribution in [-0.4, -0.2) is 110 Å². The van der Waals surface area contributed by atoms with Crippen molar-refractivity contribution >= 4 is 11.9 Å². The van der Waals surface area contributed by atoms with E-state index in [1.54, 1.807) is 0 Å². The van der Waals surface area contributed by atoms with Crippen LogP contribution in [0.5, 0.6) is 11.5 Å². The van der Waals surface area contributed by atoms with Crippen LogP contribution in [0.4, 0.5) is 26.3 Å². The van der Waals surface area contributed by atoms with Gasteiger partial charge in [-0.25, -0.2) is 9.59 Å². The number of ether oxygens (including phenoxy) is 4. The van der Waals surface area contributed by atoms with Crippen molar-refractivity contribution in [3.63, 3.8) is 0 Å². The third-order valence-corrected chi connectivity index (χ3v) is 5.66. The van der Waals surface area contributed by atoms with E-state index in [1.165, 1.54) is 5.56 Å². The Bertz CT molecular complexity index is 951. The van der Waals surface area contributed by atoms with E-state index in [9.17, 15) is 26.3 Å². The SMILES string of the molecule is CN(C)CC1CCC2(COCCN(Cc3ccc4c(c3)OCO4)C2)O1.O=C(O)C(F)(F)F.O=C(O)C(F)(F)F. The van der Waals surface area contributed by atoms with E-state index in [4.69, 9.17) is 38.7 Å². The maximum absolute atomic E-state index is 10.6. The zero-order chi connectivity index (χ0) is 29.4. The van der Waals surface area contributed by atoms with Crippen molar-refractivity contribution in [2.24, 2.45) is 0 Å². The Morgan fingerprint density at radius 3 is 2.21 bits per heavy atom. The highest BCUT2D eigenvalue weighted by atomic mass is 19.4. The monoisotopic (exact) mass is 576 g/mol. The van der Waals surface area contributed by atoms with E-state index >= 15 is 0 Å². The summed E-state index contributed by atoms with van der Waals surface area (Å²) in [6.45, 7) is 5.49. The minimum atomic E-state index is -5.08. The first-order valence-electron chi connectivity index (χ1n) is 11.6. The molecule has 2 atom stereocenters. The van der Waals surface area contributed by atoms with Crippen molar-refractivity contribution in [2.45, 2.75) is 43.4 Å². The molecule has 4 rings (SSSR count). The fourth-order valence-corrected chi connectivity index (χ4v) is 4.07. The lowest BCUT2D eigenvalue weighted by Crippen LogP contribution is -2.45. The third kappa shape index (κ3) is 10.7. The average molecular weight is 576 g/mol. The molecule has 0 aromatic heterocycles.